The quantitative estimate of drug-likeness (QED) is 0.589. The molecule has 0 atom stereocenters. The van der Waals surface area contributed by atoms with E-state index in [0.717, 1.165) is 15.9 Å². The number of aromatic nitrogens is 4. The van der Waals surface area contributed by atoms with Crippen LogP contribution in [-0.2, 0) is 12.8 Å². The van der Waals surface area contributed by atoms with E-state index in [9.17, 15) is 22.4 Å². The summed E-state index contributed by atoms with van der Waals surface area (Å²) in [7, 11) is 0. The lowest BCUT2D eigenvalue weighted by atomic mass is 10.2. The monoisotopic (exact) mass is 459 g/mol. The third-order valence-corrected chi connectivity index (χ3v) is 5.13. The first kappa shape index (κ1) is 20.1. The molecule has 11 heteroatoms. The Morgan fingerprint density at radius 3 is 2.54 bits per heavy atom. The molecule has 28 heavy (non-hydrogen) atoms. The van der Waals surface area contributed by atoms with E-state index in [1.807, 2.05) is 13.8 Å². The SMILES string of the molecule is Cc1nn(Cn2ccc(C(=O)Nc3cc(C(F)(F)F)ccc3F)n2)c(C)c1Br. The van der Waals surface area contributed by atoms with Crippen molar-refractivity contribution in [2.24, 2.45) is 0 Å². The molecule has 1 N–H and O–H groups in total. The number of hydrogen-bond acceptors (Lipinski definition) is 3. The number of aryl methyl sites for hydroxylation is 1. The number of halogens is 5. The Bertz CT molecular complexity index is 1040. The van der Waals surface area contributed by atoms with Crippen LogP contribution < -0.4 is 5.32 Å². The van der Waals surface area contributed by atoms with Crippen LogP contribution in [0.4, 0.5) is 23.2 Å². The zero-order chi connectivity index (χ0) is 20.6. The standard InChI is InChI=1S/C17H14BrF4N5O/c1-9-15(18)10(2)27(24-9)8-26-6-5-13(25-26)16(28)23-14-7-11(17(20,21)22)3-4-12(14)19/h3-7H,8H2,1-2H3,(H,23,28). The summed E-state index contributed by atoms with van der Waals surface area (Å²) < 4.78 is 56.1. The van der Waals surface area contributed by atoms with Gasteiger partial charge in [-0.3, -0.25) is 9.48 Å². The Morgan fingerprint density at radius 1 is 1.21 bits per heavy atom. The second-order valence-electron chi connectivity index (χ2n) is 6.01. The third-order valence-electron chi connectivity index (χ3n) is 3.99. The van der Waals surface area contributed by atoms with Gasteiger partial charge in [0.15, 0.2) is 5.69 Å². The van der Waals surface area contributed by atoms with Gasteiger partial charge in [0, 0.05) is 6.20 Å². The first-order valence-corrected chi connectivity index (χ1v) is 8.76. The normalized spacial score (nSPS) is 11.7. The molecule has 148 valence electrons. The van der Waals surface area contributed by atoms with Gasteiger partial charge in [0.1, 0.15) is 12.5 Å². The minimum Gasteiger partial charge on any atom is -0.318 e. The lowest BCUT2D eigenvalue weighted by molar-refractivity contribution is -0.137. The van der Waals surface area contributed by atoms with E-state index in [1.54, 1.807) is 4.68 Å². The number of carbonyl (C=O) groups is 1. The average molecular weight is 460 g/mol. The highest BCUT2D eigenvalue weighted by atomic mass is 79.9. The number of nitrogens with zero attached hydrogens (tertiary/aromatic N) is 4. The second kappa shape index (κ2) is 7.38. The molecule has 2 heterocycles. The van der Waals surface area contributed by atoms with Crippen molar-refractivity contribution in [2.75, 3.05) is 5.32 Å². The summed E-state index contributed by atoms with van der Waals surface area (Å²) in [5.74, 6) is -1.81. The first-order chi connectivity index (χ1) is 13.1. The van der Waals surface area contributed by atoms with Crippen molar-refractivity contribution >= 4 is 27.5 Å². The number of hydrogen-bond donors (Lipinski definition) is 1. The van der Waals surface area contributed by atoms with Gasteiger partial charge in [-0.05, 0) is 54.0 Å². The van der Waals surface area contributed by atoms with Crippen LogP contribution in [0.1, 0.15) is 27.4 Å². The van der Waals surface area contributed by atoms with Crippen molar-refractivity contribution < 1.29 is 22.4 Å². The van der Waals surface area contributed by atoms with E-state index in [1.165, 1.54) is 16.9 Å². The van der Waals surface area contributed by atoms with Crippen LogP contribution in [0.25, 0.3) is 0 Å². The largest absolute Gasteiger partial charge is 0.416 e. The van der Waals surface area contributed by atoms with Gasteiger partial charge >= 0.3 is 6.18 Å². The van der Waals surface area contributed by atoms with Crippen LogP contribution in [0.15, 0.2) is 34.9 Å². The predicted molar refractivity (Wildman–Crippen MR) is 96.4 cm³/mol. The Labute approximate surface area is 165 Å². The van der Waals surface area contributed by atoms with Crippen LogP contribution in [0.3, 0.4) is 0 Å². The fourth-order valence-electron chi connectivity index (χ4n) is 2.50. The highest BCUT2D eigenvalue weighted by Gasteiger charge is 2.31. The maximum atomic E-state index is 13.8. The van der Waals surface area contributed by atoms with Crippen LogP contribution in [-0.4, -0.2) is 25.5 Å². The van der Waals surface area contributed by atoms with Crippen LogP contribution in [0.2, 0.25) is 0 Å². The summed E-state index contributed by atoms with van der Waals surface area (Å²) in [5.41, 5.74) is -0.0493. The minimum absolute atomic E-state index is 0.0718. The van der Waals surface area contributed by atoms with Crippen molar-refractivity contribution in [2.45, 2.75) is 26.7 Å². The smallest absolute Gasteiger partial charge is 0.318 e. The zero-order valence-electron chi connectivity index (χ0n) is 14.7. The van der Waals surface area contributed by atoms with Crippen LogP contribution in [0.5, 0.6) is 0 Å². The molecule has 0 aliphatic heterocycles. The van der Waals surface area contributed by atoms with Crippen molar-refractivity contribution in [1.29, 1.82) is 0 Å². The molecular weight excluding hydrogens is 446 g/mol. The zero-order valence-corrected chi connectivity index (χ0v) is 16.3. The highest BCUT2D eigenvalue weighted by Crippen LogP contribution is 2.31. The van der Waals surface area contributed by atoms with Gasteiger partial charge in [-0.2, -0.15) is 23.4 Å². The number of amides is 1. The molecule has 1 amide bonds. The number of benzene rings is 1. The molecule has 0 aliphatic rings. The van der Waals surface area contributed by atoms with Gasteiger partial charge in [0.2, 0.25) is 0 Å². The van der Waals surface area contributed by atoms with Crippen molar-refractivity contribution in [3.8, 4) is 0 Å². The number of anilines is 1. The number of nitrogens with one attached hydrogen (secondary N) is 1. The Morgan fingerprint density at radius 2 is 1.93 bits per heavy atom. The lowest BCUT2D eigenvalue weighted by Gasteiger charge is -2.10. The van der Waals surface area contributed by atoms with E-state index in [2.05, 4.69) is 31.4 Å². The molecule has 0 bridgehead atoms. The Balaban J connectivity index is 1.77. The van der Waals surface area contributed by atoms with E-state index in [-0.39, 0.29) is 12.4 Å². The molecule has 0 saturated carbocycles. The molecule has 6 nitrogen and oxygen atoms in total. The van der Waals surface area contributed by atoms with E-state index >= 15 is 0 Å². The maximum absolute atomic E-state index is 13.8. The molecule has 0 unspecified atom stereocenters. The number of alkyl halides is 3. The fraction of sp³-hybridized carbons (Fsp3) is 0.235. The molecular formula is C17H14BrF4N5O. The Kier molecular flexibility index (Phi) is 5.28. The van der Waals surface area contributed by atoms with Gasteiger partial charge in [0.05, 0.1) is 27.1 Å². The van der Waals surface area contributed by atoms with E-state index in [4.69, 9.17) is 0 Å². The molecule has 1 aromatic carbocycles. The van der Waals surface area contributed by atoms with Gasteiger partial charge in [-0.25, -0.2) is 9.07 Å². The summed E-state index contributed by atoms with van der Waals surface area (Å²) in [6, 6.07) is 3.17. The summed E-state index contributed by atoms with van der Waals surface area (Å²) in [4.78, 5) is 12.3. The topological polar surface area (TPSA) is 64.7 Å². The van der Waals surface area contributed by atoms with E-state index < -0.39 is 29.2 Å². The second-order valence-corrected chi connectivity index (χ2v) is 6.81. The predicted octanol–water partition coefficient (Wildman–Crippen LogP) is 4.37. The number of rotatable bonds is 4. The molecule has 3 rings (SSSR count). The van der Waals surface area contributed by atoms with Crippen LogP contribution in [0, 0.1) is 19.7 Å². The molecule has 0 fully saturated rings. The van der Waals surface area contributed by atoms with Crippen molar-refractivity contribution in [3.05, 3.63) is 63.4 Å². The molecule has 0 saturated heterocycles. The molecule has 0 radical (unpaired) electrons. The summed E-state index contributed by atoms with van der Waals surface area (Å²) in [6.07, 6.45) is -3.13. The van der Waals surface area contributed by atoms with Gasteiger partial charge in [-0.1, -0.05) is 0 Å². The molecule has 2 aromatic heterocycles. The van der Waals surface area contributed by atoms with E-state index in [0.29, 0.717) is 18.2 Å². The summed E-state index contributed by atoms with van der Waals surface area (Å²) >= 11 is 3.41. The third kappa shape index (κ3) is 4.08. The first-order valence-electron chi connectivity index (χ1n) is 7.97. The van der Waals surface area contributed by atoms with Crippen LogP contribution >= 0.6 is 15.9 Å². The Hall–Kier alpha value is -2.69. The maximum Gasteiger partial charge on any atom is 0.416 e. The molecule has 0 aliphatic carbocycles. The van der Waals surface area contributed by atoms with Gasteiger partial charge in [0.25, 0.3) is 5.91 Å². The molecule has 0 spiro atoms. The molecule has 3 aromatic rings. The summed E-state index contributed by atoms with van der Waals surface area (Å²) in [6.45, 7) is 3.92. The van der Waals surface area contributed by atoms with Gasteiger partial charge < -0.3 is 5.32 Å². The van der Waals surface area contributed by atoms with Crippen molar-refractivity contribution in [3.63, 3.8) is 0 Å². The average Bonchev–Trinajstić information content (AvgIpc) is 3.17. The minimum atomic E-state index is -4.65. The fourth-order valence-corrected chi connectivity index (χ4v) is 2.78. The highest BCUT2D eigenvalue weighted by molar-refractivity contribution is 9.10. The van der Waals surface area contributed by atoms with Crippen molar-refractivity contribution in [1.82, 2.24) is 19.6 Å². The van der Waals surface area contributed by atoms with Gasteiger partial charge in [-0.15, -0.1) is 0 Å². The number of carbonyl (C=O) groups excluding carboxylic acids is 1. The summed E-state index contributed by atoms with van der Waals surface area (Å²) in [5, 5.41) is 10.5. The lowest BCUT2D eigenvalue weighted by Crippen LogP contribution is -2.17.